The summed E-state index contributed by atoms with van der Waals surface area (Å²) in [4.78, 5) is 16.6. The van der Waals surface area contributed by atoms with Gasteiger partial charge < -0.3 is 15.1 Å². The van der Waals surface area contributed by atoms with Crippen LogP contribution in [-0.2, 0) is 4.79 Å². The maximum Gasteiger partial charge on any atom is 0.224 e. The monoisotopic (exact) mass is 285 g/mol. The van der Waals surface area contributed by atoms with Gasteiger partial charge in [0.1, 0.15) is 5.52 Å². The SMILES string of the molecule is O=C(CC1CCNC1)Nc1ccc2oc(C3CC3)nc2c1. The van der Waals surface area contributed by atoms with Gasteiger partial charge in [-0.25, -0.2) is 4.98 Å². The van der Waals surface area contributed by atoms with Crippen molar-refractivity contribution in [3.63, 3.8) is 0 Å². The fourth-order valence-corrected chi connectivity index (χ4v) is 2.89. The van der Waals surface area contributed by atoms with E-state index < -0.39 is 0 Å². The molecular formula is C16H19N3O2. The van der Waals surface area contributed by atoms with Crippen molar-refractivity contribution >= 4 is 22.7 Å². The van der Waals surface area contributed by atoms with Crippen molar-refractivity contribution in [1.82, 2.24) is 10.3 Å². The number of fused-ring (bicyclic) bond motifs is 1. The smallest absolute Gasteiger partial charge is 0.224 e. The van der Waals surface area contributed by atoms with Crippen LogP contribution in [0.25, 0.3) is 11.1 Å². The molecule has 0 spiro atoms. The van der Waals surface area contributed by atoms with Crippen LogP contribution in [0.4, 0.5) is 5.69 Å². The fourth-order valence-electron chi connectivity index (χ4n) is 2.89. The van der Waals surface area contributed by atoms with Gasteiger partial charge in [0, 0.05) is 18.0 Å². The molecule has 2 aromatic rings. The third-order valence-electron chi connectivity index (χ3n) is 4.25. The highest BCUT2D eigenvalue weighted by Gasteiger charge is 2.28. The molecule has 110 valence electrons. The molecule has 1 saturated carbocycles. The number of carbonyl (C=O) groups is 1. The Hall–Kier alpha value is -1.88. The molecule has 2 aliphatic rings. The van der Waals surface area contributed by atoms with E-state index in [0.29, 0.717) is 18.3 Å². The number of nitrogens with one attached hydrogen (secondary N) is 2. The Morgan fingerprint density at radius 1 is 1.38 bits per heavy atom. The van der Waals surface area contributed by atoms with Crippen molar-refractivity contribution in [2.75, 3.05) is 18.4 Å². The minimum atomic E-state index is 0.0777. The van der Waals surface area contributed by atoms with Crippen LogP contribution in [0.1, 0.15) is 37.5 Å². The Kier molecular flexibility index (Phi) is 3.15. The lowest BCUT2D eigenvalue weighted by Gasteiger charge is -2.08. The van der Waals surface area contributed by atoms with Crippen LogP contribution >= 0.6 is 0 Å². The molecule has 1 aromatic carbocycles. The predicted octanol–water partition coefficient (Wildman–Crippen LogP) is 2.64. The molecular weight excluding hydrogens is 266 g/mol. The van der Waals surface area contributed by atoms with Crippen LogP contribution in [-0.4, -0.2) is 24.0 Å². The van der Waals surface area contributed by atoms with E-state index in [0.717, 1.165) is 42.2 Å². The van der Waals surface area contributed by atoms with Crippen LogP contribution < -0.4 is 10.6 Å². The zero-order valence-electron chi connectivity index (χ0n) is 11.9. The molecule has 2 N–H and O–H groups in total. The van der Waals surface area contributed by atoms with Gasteiger partial charge >= 0.3 is 0 Å². The number of oxazole rings is 1. The summed E-state index contributed by atoms with van der Waals surface area (Å²) >= 11 is 0. The van der Waals surface area contributed by atoms with E-state index in [9.17, 15) is 4.79 Å². The van der Waals surface area contributed by atoms with E-state index in [1.54, 1.807) is 0 Å². The number of rotatable bonds is 4. The first-order chi connectivity index (χ1) is 10.3. The predicted molar refractivity (Wildman–Crippen MR) is 80.2 cm³/mol. The Morgan fingerprint density at radius 2 is 2.29 bits per heavy atom. The lowest BCUT2D eigenvalue weighted by Crippen LogP contribution is -2.18. The summed E-state index contributed by atoms with van der Waals surface area (Å²) in [6.45, 7) is 1.97. The molecule has 2 heterocycles. The first-order valence-electron chi connectivity index (χ1n) is 7.69. The van der Waals surface area contributed by atoms with E-state index in [1.165, 1.54) is 12.8 Å². The molecule has 1 aliphatic carbocycles. The van der Waals surface area contributed by atoms with Gasteiger partial charge in [0.15, 0.2) is 11.5 Å². The van der Waals surface area contributed by atoms with Crippen LogP contribution in [0.5, 0.6) is 0 Å². The van der Waals surface area contributed by atoms with Crippen molar-refractivity contribution in [3.05, 3.63) is 24.1 Å². The first-order valence-corrected chi connectivity index (χ1v) is 7.69. The Labute approximate surface area is 123 Å². The first kappa shape index (κ1) is 12.8. The minimum Gasteiger partial charge on any atom is -0.440 e. The van der Waals surface area contributed by atoms with Crippen LogP contribution in [0.2, 0.25) is 0 Å². The van der Waals surface area contributed by atoms with Crippen LogP contribution in [0, 0.1) is 5.92 Å². The number of nitrogens with zero attached hydrogens (tertiary/aromatic N) is 1. The highest BCUT2D eigenvalue weighted by atomic mass is 16.3. The number of amides is 1. The number of carbonyl (C=O) groups excluding carboxylic acids is 1. The average Bonchev–Trinajstić information content (AvgIpc) is 3.03. The number of anilines is 1. The number of hydrogen-bond acceptors (Lipinski definition) is 4. The third-order valence-corrected chi connectivity index (χ3v) is 4.25. The molecule has 1 aromatic heterocycles. The second-order valence-electron chi connectivity index (χ2n) is 6.12. The highest BCUT2D eigenvalue weighted by Crippen LogP contribution is 2.40. The molecule has 5 nitrogen and oxygen atoms in total. The normalized spacial score (nSPS) is 21.8. The van der Waals surface area contributed by atoms with Gasteiger partial charge in [-0.05, 0) is 56.5 Å². The molecule has 1 saturated heterocycles. The highest BCUT2D eigenvalue weighted by molar-refractivity contribution is 5.92. The van der Waals surface area contributed by atoms with Gasteiger partial charge in [0.2, 0.25) is 5.91 Å². The van der Waals surface area contributed by atoms with Crippen molar-refractivity contribution in [3.8, 4) is 0 Å². The summed E-state index contributed by atoms with van der Waals surface area (Å²) in [7, 11) is 0. The van der Waals surface area contributed by atoms with E-state index in [2.05, 4.69) is 15.6 Å². The Balaban J connectivity index is 1.46. The molecule has 4 rings (SSSR count). The number of hydrogen-bond donors (Lipinski definition) is 2. The minimum absolute atomic E-state index is 0.0777. The van der Waals surface area contributed by atoms with E-state index in [1.807, 2.05) is 18.2 Å². The Morgan fingerprint density at radius 3 is 3.05 bits per heavy atom. The molecule has 1 atom stereocenters. The molecule has 21 heavy (non-hydrogen) atoms. The van der Waals surface area contributed by atoms with E-state index in [-0.39, 0.29) is 5.91 Å². The van der Waals surface area contributed by atoms with Crippen LogP contribution in [0.3, 0.4) is 0 Å². The van der Waals surface area contributed by atoms with Gasteiger partial charge in [-0.3, -0.25) is 4.79 Å². The van der Waals surface area contributed by atoms with Gasteiger partial charge in [0.05, 0.1) is 0 Å². The molecule has 1 aliphatic heterocycles. The standard InChI is InChI=1S/C16H19N3O2/c20-15(7-10-5-6-17-9-10)18-12-3-4-14-13(8-12)19-16(21-14)11-1-2-11/h3-4,8,10-11,17H,1-2,5-7,9H2,(H,18,20). The molecule has 1 unspecified atom stereocenters. The van der Waals surface area contributed by atoms with Gasteiger partial charge in [-0.1, -0.05) is 0 Å². The largest absolute Gasteiger partial charge is 0.440 e. The summed E-state index contributed by atoms with van der Waals surface area (Å²) in [5.41, 5.74) is 2.43. The topological polar surface area (TPSA) is 67.2 Å². The Bertz CT molecular complexity index is 669. The van der Waals surface area contributed by atoms with E-state index >= 15 is 0 Å². The average molecular weight is 285 g/mol. The van der Waals surface area contributed by atoms with Crippen molar-refractivity contribution < 1.29 is 9.21 Å². The lowest BCUT2D eigenvalue weighted by molar-refractivity contribution is -0.116. The summed E-state index contributed by atoms with van der Waals surface area (Å²) in [5.74, 6) is 1.88. The van der Waals surface area contributed by atoms with Gasteiger partial charge in [0.25, 0.3) is 0 Å². The maximum atomic E-state index is 12.0. The molecule has 5 heteroatoms. The fraction of sp³-hybridized carbons (Fsp3) is 0.500. The second kappa shape index (κ2) is 5.15. The van der Waals surface area contributed by atoms with Crippen molar-refractivity contribution in [2.24, 2.45) is 5.92 Å². The summed E-state index contributed by atoms with van der Waals surface area (Å²) in [6, 6.07) is 5.67. The number of benzene rings is 1. The zero-order valence-corrected chi connectivity index (χ0v) is 11.9. The van der Waals surface area contributed by atoms with Crippen LogP contribution in [0.15, 0.2) is 22.6 Å². The second-order valence-corrected chi connectivity index (χ2v) is 6.12. The molecule has 0 radical (unpaired) electrons. The lowest BCUT2D eigenvalue weighted by atomic mass is 10.0. The van der Waals surface area contributed by atoms with Gasteiger partial charge in [-0.15, -0.1) is 0 Å². The third kappa shape index (κ3) is 2.78. The summed E-state index contributed by atoms with van der Waals surface area (Å²) in [6.07, 6.45) is 4.01. The molecule has 0 bridgehead atoms. The molecule has 1 amide bonds. The summed E-state index contributed by atoms with van der Waals surface area (Å²) in [5, 5.41) is 6.25. The number of aromatic nitrogens is 1. The maximum absolute atomic E-state index is 12.0. The quantitative estimate of drug-likeness (QED) is 0.906. The van der Waals surface area contributed by atoms with Crippen molar-refractivity contribution in [1.29, 1.82) is 0 Å². The van der Waals surface area contributed by atoms with E-state index in [4.69, 9.17) is 4.42 Å². The molecule has 2 fully saturated rings. The van der Waals surface area contributed by atoms with Crippen molar-refractivity contribution in [2.45, 2.75) is 31.6 Å². The summed E-state index contributed by atoms with van der Waals surface area (Å²) < 4.78 is 5.73. The zero-order chi connectivity index (χ0) is 14.2. The van der Waals surface area contributed by atoms with Gasteiger partial charge in [-0.2, -0.15) is 0 Å².